The Morgan fingerprint density at radius 1 is 1.35 bits per heavy atom. The smallest absolute Gasteiger partial charge is 0.407 e. The lowest BCUT2D eigenvalue weighted by molar-refractivity contribution is 0.148. The molecule has 0 unspecified atom stereocenters. The van der Waals surface area contributed by atoms with Gasteiger partial charge < -0.3 is 10.1 Å². The Hall–Kier alpha value is -0.640. The average Bonchev–Trinajstić information content (AvgIpc) is 2.27. The van der Waals surface area contributed by atoms with E-state index in [1.165, 1.54) is 0 Å². The van der Waals surface area contributed by atoms with Gasteiger partial charge in [-0.2, -0.15) is 0 Å². The zero-order valence-corrected chi connectivity index (χ0v) is 11.4. The Morgan fingerprint density at radius 2 is 1.94 bits per heavy atom. The quantitative estimate of drug-likeness (QED) is 0.855. The van der Waals surface area contributed by atoms with Crippen LogP contribution >= 0.6 is 34.8 Å². The van der Waals surface area contributed by atoms with Crippen LogP contribution in [0, 0.1) is 0 Å². The maximum atomic E-state index is 11.3. The summed E-state index contributed by atoms with van der Waals surface area (Å²) < 4.78 is 4.77. The molecule has 0 fully saturated rings. The maximum absolute atomic E-state index is 11.3. The van der Waals surface area contributed by atoms with Crippen molar-refractivity contribution in [1.82, 2.24) is 5.32 Å². The molecule has 0 aliphatic heterocycles. The van der Waals surface area contributed by atoms with Crippen LogP contribution in [0.2, 0.25) is 5.02 Å². The number of benzene rings is 1. The number of alkyl carbamates (subject to hydrolysis) is 1. The minimum atomic E-state index is -0.777. The fourth-order valence-electron chi connectivity index (χ4n) is 1.26. The Labute approximate surface area is 115 Å². The summed E-state index contributed by atoms with van der Waals surface area (Å²) in [5.74, 6) is 0. The third-order valence-electron chi connectivity index (χ3n) is 2.03. The van der Waals surface area contributed by atoms with Crippen molar-refractivity contribution in [3.63, 3.8) is 0 Å². The molecule has 6 heteroatoms. The van der Waals surface area contributed by atoms with Gasteiger partial charge in [0.05, 0.1) is 12.6 Å². The Balaban J connectivity index is 2.79. The summed E-state index contributed by atoms with van der Waals surface area (Å²) in [4.78, 5) is 10.5. The van der Waals surface area contributed by atoms with Gasteiger partial charge in [0.25, 0.3) is 0 Å². The number of carbonyl (C=O) groups is 1. The molecular formula is C11H12Cl3NO2. The van der Waals surface area contributed by atoms with Crippen molar-refractivity contribution < 1.29 is 9.53 Å². The molecule has 0 saturated heterocycles. The summed E-state index contributed by atoms with van der Waals surface area (Å²) in [5, 5.41) is 3.19. The van der Waals surface area contributed by atoms with Gasteiger partial charge in [-0.1, -0.05) is 23.7 Å². The fraction of sp³-hybridized carbons (Fsp3) is 0.364. The molecule has 1 atom stereocenters. The number of alkyl halides is 2. The number of rotatable bonds is 4. The van der Waals surface area contributed by atoms with Gasteiger partial charge in [0.1, 0.15) is 4.84 Å². The Morgan fingerprint density at radius 3 is 2.41 bits per heavy atom. The zero-order chi connectivity index (χ0) is 12.8. The van der Waals surface area contributed by atoms with Crippen LogP contribution in [0.15, 0.2) is 24.3 Å². The van der Waals surface area contributed by atoms with Crippen LogP contribution in [-0.2, 0) is 4.74 Å². The number of carbonyl (C=O) groups excluding carboxylic acids is 1. The van der Waals surface area contributed by atoms with Gasteiger partial charge in [0.2, 0.25) is 0 Å². The van der Waals surface area contributed by atoms with Crippen LogP contribution in [-0.4, -0.2) is 17.5 Å². The predicted octanol–water partition coefficient (Wildman–Crippen LogP) is 3.93. The number of hydrogen-bond donors (Lipinski definition) is 1. The highest BCUT2D eigenvalue weighted by atomic mass is 35.5. The number of halogens is 3. The molecule has 94 valence electrons. The largest absolute Gasteiger partial charge is 0.450 e. The first kappa shape index (κ1) is 14.4. The van der Waals surface area contributed by atoms with Crippen molar-refractivity contribution in [2.45, 2.75) is 17.8 Å². The van der Waals surface area contributed by atoms with Gasteiger partial charge in [-0.25, -0.2) is 4.79 Å². The molecule has 0 aliphatic carbocycles. The van der Waals surface area contributed by atoms with Crippen molar-refractivity contribution in [3.8, 4) is 0 Å². The molecule has 17 heavy (non-hydrogen) atoms. The minimum absolute atomic E-state index is 0.286. The van der Waals surface area contributed by atoms with Crippen LogP contribution in [0.25, 0.3) is 0 Å². The first-order valence-corrected chi connectivity index (χ1v) is 6.26. The third-order valence-corrected chi connectivity index (χ3v) is 2.79. The molecule has 0 saturated carbocycles. The Bertz CT molecular complexity index is 367. The van der Waals surface area contributed by atoms with E-state index in [2.05, 4.69) is 5.32 Å². The highest BCUT2D eigenvalue weighted by molar-refractivity contribution is 6.44. The second kappa shape index (κ2) is 6.94. The van der Waals surface area contributed by atoms with Gasteiger partial charge in [0, 0.05) is 5.02 Å². The fourth-order valence-corrected chi connectivity index (χ4v) is 1.80. The SMILES string of the molecule is CCOC(=O)N[C@@H](c1ccc(Cl)cc1)C(Cl)Cl. The molecule has 0 aromatic heterocycles. The molecular weight excluding hydrogens is 284 g/mol. The predicted molar refractivity (Wildman–Crippen MR) is 69.8 cm³/mol. The second-order valence-electron chi connectivity index (χ2n) is 3.23. The summed E-state index contributed by atoms with van der Waals surface area (Å²) in [6, 6.07) is 6.36. The molecule has 0 spiro atoms. The van der Waals surface area contributed by atoms with Gasteiger partial charge in [-0.3, -0.25) is 0 Å². The molecule has 1 aromatic rings. The van der Waals surface area contributed by atoms with Crippen molar-refractivity contribution in [3.05, 3.63) is 34.9 Å². The lowest BCUT2D eigenvalue weighted by atomic mass is 10.1. The molecule has 0 aliphatic rings. The van der Waals surface area contributed by atoms with E-state index in [1.54, 1.807) is 31.2 Å². The van der Waals surface area contributed by atoms with Crippen LogP contribution in [0.3, 0.4) is 0 Å². The summed E-state index contributed by atoms with van der Waals surface area (Å²) in [7, 11) is 0. The summed E-state index contributed by atoms with van der Waals surface area (Å²) in [6.45, 7) is 2.00. The van der Waals surface area contributed by atoms with E-state index in [0.717, 1.165) is 5.56 Å². The number of nitrogens with one attached hydrogen (secondary N) is 1. The molecule has 3 nitrogen and oxygen atoms in total. The highest BCUT2D eigenvalue weighted by Crippen LogP contribution is 2.25. The molecule has 1 rings (SSSR count). The van der Waals surface area contributed by atoms with Crippen LogP contribution in [0.4, 0.5) is 4.79 Å². The molecule has 0 heterocycles. The topological polar surface area (TPSA) is 38.3 Å². The first-order chi connectivity index (χ1) is 8.04. The number of hydrogen-bond acceptors (Lipinski definition) is 2. The van der Waals surface area contributed by atoms with Crippen molar-refractivity contribution in [2.24, 2.45) is 0 Å². The normalized spacial score (nSPS) is 12.3. The van der Waals surface area contributed by atoms with Gasteiger partial charge in [0.15, 0.2) is 0 Å². The molecule has 1 aromatic carbocycles. The van der Waals surface area contributed by atoms with Gasteiger partial charge in [-0.15, -0.1) is 23.2 Å². The molecule has 0 radical (unpaired) electrons. The monoisotopic (exact) mass is 295 g/mol. The standard InChI is InChI=1S/C11H12Cl3NO2/c1-2-17-11(16)15-9(10(13)14)7-3-5-8(12)6-4-7/h3-6,9-10H,2H2,1H3,(H,15,16)/t9-/m0/s1. The molecule has 0 bridgehead atoms. The van der Waals surface area contributed by atoms with E-state index in [9.17, 15) is 4.79 Å². The molecule has 1 N–H and O–H groups in total. The minimum Gasteiger partial charge on any atom is -0.450 e. The van der Waals surface area contributed by atoms with E-state index < -0.39 is 17.0 Å². The van der Waals surface area contributed by atoms with Crippen molar-refractivity contribution in [1.29, 1.82) is 0 Å². The third kappa shape index (κ3) is 4.62. The van der Waals surface area contributed by atoms with Crippen LogP contribution in [0.1, 0.15) is 18.5 Å². The molecule has 1 amide bonds. The first-order valence-electron chi connectivity index (χ1n) is 5.01. The van der Waals surface area contributed by atoms with E-state index in [0.29, 0.717) is 5.02 Å². The number of ether oxygens (including phenoxy) is 1. The second-order valence-corrected chi connectivity index (χ2v) is 4.83. The van der Waals surface area contributed by atoms with Gasteiger partial charge >= 0.3 is 6.09 Å². The lowest BCUT2D eigenvalue weighted by Crippen LogP contribution is -2.32. The zero-order valence-electron chi connectivity index (χ0n) is 9.12. The van der Waals surface area contributed by atoms with Crippen LogP contribution in [0.5, 0.6) is 0 Å². The Kier molecular flexibility index (Phi) is 5.89. The van der Waals surface area contributed by atoms with E-state index in [1.807, 2.05) is 0 Å². The number of amides is 1. The van der Waals surface area contributed by atoms with E-state index in [4.69, 9.17) is 39.5 Å². The van der Waals surface area contributed by atoms with E-state index in [-0.39, 0.29) is 6.61 Å². The summed E-state index contributed by atoms with van der Waals surface area (Å²) >= 11 is 17.4. The highest BCUT2D eigenvalue weighted by Gasteiger charge is 2.21. The summed E-state index contributed by atoms with van der Waals surface area (Å²) in [6.07, 6.45) is -0.557. The maximum Gasteiger partial charge on any atom is 0.407 e. The van der Waals surface area contributed by atoms with Gasteiger partial charge in [-0.05, 0) is 24.6 Å². The van der Waals surface area contributed by atoms with E-state index >= 15 is 0 Å². The summed E-state index contributed by atoms with van der Waals surface area (Å²) in [5.41, 5.74) is 0.762. The van der Waals surface area contributed by atoms with Crippen molar-refractivity contribution >= 4 is 40.9 Å². The average molecular weight is 297 g/mol. The van der Waals surface area contributed by atoms with Crippen LogP contribution < -0.4 is 5.32 Å². The lowest BCUT2D eigenvalue weighted by Gasteiger charge is -2.19. The van der Waals surface area contributed by atoms with Crippen molar-refractivity contribution in [2.75, 3.05) is 6.61 Å².